The van der Waals surface area contributed by atoms with Crippen molar-refractivity contribution in [3.8, 4) is 0 Å². The minimum atomic E-state index is 0.914. The highest BCUT2D eigenvalue weighted by atomic mass is 33.1. The fourth-order valence-corrected chi connectivity index (χ4v) is 14.1. The molecule has 4 unspecified atom stereocenters. The average Bonchev–Trinajstić information content (AvgIpc) is 3.44. The first-order chi connectivity index (χ1) is 12.9. The minimum absolute atomic E-state index is 0.914. The molecule has 9 heteroatoms. The van der Waals surface area contributed by atoms with E-state index >= 15 is 0 Å². The molecule has 0 aromatic heterocycles. The lowest BCUT2D eigenvalue weighted by Gasteiger charge is -2.27. The molecule has 3 fully saturated rings. The highest BCUT2D eigenvalue weighted by Gasteiger charge is 2.23. The Morgan fingerprint density at radius 1 is 0.538 bits per heavy atom. The van der Waals surface area contributed by atoms with E-state index < -0.39 is 0 Å². The van der Waals surface area contributed by atoms with E-state index in [0.29, 0.717) is 0 Å². The van der Waals surface area contributed by atoms with Crippen LogP contribution in [0.3, 0.4) is 0 Å². The van der Waals surface area contributed by atoms with E-state index in [-0.39, 0.29) is 0 Å². The largest absolute Gasteiger partial charge is 0.161 e. The molecule has 3 rings (SSSR count). The van der Waals surface area contributed by atoms with Crippen LogP contribution in [0.15, 0.2) is 0 Å². The highest BCUT2D eigenvalue weighted by Crippen LogP contribution is 2.41. The Morgan fingerprint density at radius 2 is 1.04 bits per heavy atom. The third kappa shape index (κ3) is 11.0. The summed E-state index contributed by atoms with van der Waals surface area (Å²) in [7, 11) is 4.12. The van der Waals surface area contributed by atoms with Crippen molar-refractivity contribution in [1.82, 2.24) is 0 Å². The Balaban J connectivity index is 1.06. The Hall–Kier alpha value is 3.15. The van der Waals surface area contributed by atoms with Crippen LogP contribution in [0.1, 0.15) is 6.42 Å². The first-order valence-electron chi connectivity index (χ1n) is 9.34. The number of thioether (sulfide) groups is 7. The van der Waals surface area contributed by atoms with Gasteiger partial charge in [0, 0.05) is 84.3 Å². The van der Waals surface area contributed by atoms with Crippen molar-refractivity contribution < 1.29 is 0 Å². The molecule has 0 aromatic carbocycles. The number of rotatable bonds is 15. The van der Waals surface area contributed by atoms with Crippen molar-refractivity contribution in [3.63, 3.8) is 0 Å². The summed E-state index contributed by atoms with van der Waals surface area (Å²) in [6, 6.07) is 0. The van der Waals surface area contributed by atoms with Crippen molar-refractivity contribution in [2.45, 2.75) is 27.4 Å². The van der Waals surface area contributed by atoms with Gasteiger partial charge in [0.25, 0.3) is 0 Å². The normalized spacial score (nSPS) is 30.9. The van der Waals surface area contributed by atoms with Crippen LogP contribution in [0, 0.1) is 0 Å². The standard InChI is InChI=1S/C17H30S9/c1(2-18-3-4-21-9-17-13-25-26-17)14-10-23-15(11-22-14)7-19-5-6-20-8-16-12-24-16/h14-17H,1-13H2. The molecule has 0 N–H and O–H groups in total. The predicted octanol–water partition coefficient (Wildman–Crippen LogP) is 6.41. The molecule has 0 aromatic rings. The molecule has 3 aliphatic rings. The molecule has 4 atom stereocenters. The van der Waals surface area contributed by atoms with Gasteiger partial charge in [-0.05, 0) is 12.2 Å². The average molecular weight is 523 g/mol. The second kappa shape index (κ2) is 15.0. The van der Waals surface area contributed by atoms with Crippen molar-refractivity contribution in [2.24, 2.45) is 0 Å². The molecule has 0 spiro atoms. The van der Waals surface area contributed by atoms with Crippen LogP contribution in [-0.4, -0.2) is 90.0 Å². The molecule has 0 radical (unpaired) electrons. The van der Waals surface area contributed by atoms with Crippen LogP contribution >= 0.6 is 104 Å². The van der Waals surface area contributed by atoms with E-state index in [0.717, 1.165) is 21.0 Å². The highest BCUT2D eigenvalue weighted by molar-refractivity contribution is 8.79. The summed E-state index contributed by atoms with van der Waals surface area (Å²) in [5, 5.41) is 3.81. The van der Waals surface area contributed by atoms with E-state index in [9.17, 15) is 0 Å². The zero-order valence-electron chi connectivity index (χ0n) is 15.2. The molecule has 0 amide bonds. The fraction of sp³-hybridized carbons (Fsp3) is 1.00. The van der Waals surface area contributed by atoms with Gasteiger partial charge in [0.1, 0.15) is 0 Å². The second-order valence-electron chi connectivity index (χ2n) is 6.49. The van der Waals surface area contributed by atoms with Gasteiger partial charge in [-0.1, -0.05) is 21.6 Å². The maximum Gasteiger partial charge on any atom is 0.0340 e. The lowest BCUT2D eigenvalue weighted by Crippen LogP contribution is -2.23. The molecule has 0 nitrogen and oxygen atoms in total. The summed E-state index contributed by atoms with van der Waals surface area (Å²) >= 11 is 15.4. The first kappa shape index (κ1) is 23.8. The van der Waals surface area contributed by atoms with Crippen LogP contribution in [0.5, 0.6) is 0 Å². The van der Waals surface area contributed by atoms with E-state index in [2.05, 4.69) is 93.1 Å². The van der Waals surface area contributed by atoms with Gasteiger partial charge in [0.15, 0.2) is 0 Å². The Labute approximate surface area is 198 Å². The summed E-state index contributed by atoms with van der Waals surface area (Å²) in [4.78, 5) is 0. The van der Waals surface area contributed by atoms with Gasteiger partial charge < -0.3 is 0 Å². The molecular weight excluding hydrogens is 493 g/mol. The SMILES string of the molecule is C(CSCC1CSS1)SCCC1CSC(CSCCSCC2CS2)CS1. The quantitative estimate of drug-likeness (QED) is 0.135. The zero-order chi connectivity index (χ0) is 17.9. The maximum absolute atomic E-state index is 2.27. The molecule has 0 bridgehead atoms. The van der Waals surface area contributed by atoms with Crippen molar-refractivity contribution >= 4 is 104 Å². The topological polar surface area (TPSA) is 0 Å². The van der Waals surface area contributed by atoms with Crippen LogP contribution < -0.4 is 0 Å². The summed E-state index contributed by atoms with van der Waals surface area (Å²) < 4.78 is 0. The van der Waals surface area contributed by atoms with Gasteiger partial charge in [0.2, 0.25) is 0 Å². The summed E-state index contributed by atoms with van der Waals surface area (Å²) in [5.74, 6) is 16.6. The van der Waals surface area contributed by atoms with E-state index in [1.54, 1.807) is 0 Å². The lowest BCUT2D eigenvalue weighted by molar-refractivity contribution is 0.910. The number of hydrogen-bond acceptors (Lipinski definition) is 9. The van der Waals surface area contributed by atoms with Gasteiger partial charge in [-0.3, -0.25) is 0 Å². The summed E-state index contributed by atoms with van der Waals surface area (Å²) in [6.45, 7) is 0. The van der Waals surface area contributed by atoms with Crippen LogP contribution in [0.4, 0.5) is 0 Å². The third-order valence-electron chi connectivity index (χ3n) is 4.14. The molecule has 3 saturated heterocycles. The lowest BCUT2D eigenvalue weighted by atomic mass is 10.4. The van der Waals surface area contributed by atoms with Gasteiger partial charge in [-0.15, -0.1) is 0 Å². The van der Waals surface area contributed by atoms with E-state index in [1.165, 1.54) is 75.5 Å². The van der Waals surface area contributed by atoms with E-state index in [4.69, 9.17) is 0 Å². The molecule has 3 heterocycles. The van der Waals surface area contributed by atoms with E-state index in [1.807, 2.05) is 10.8 Å². The summed E-state index contributed by atoms with van der Waals surface area (Å²) in [6.07, 6.45) is 1.43. The van der Waals surface area contributed by atoms with Gasteiger partial charge in [-0.25, -0.2) is 0 Å². The monoisotopic (exact) mass is 522 g/mol. The Morgan fingerprint density at radius 3 is 1.54 bits per heavy atom. The van der Waals surface area contributed by atoms with Crippen molar-refractivity contribution in [1.29, 1.82) is 0 Å². The van der Waals surface area contributed by atoms with Crippen LogP contribution in [0.25, 0.3) is 0 Å². The van der Waals surface area contributed by atoms with Gasteiger partial charge >= 0.3 is 0 Å². The maximum atomic E-state index is 2.27. The zero-order valence-corrected chi connectivity index (χ0v) is 22.5. The molecule has 26 heavy (non-hydrogen) atoms. The summed E-state index contributed by atoms with van der Waals surface area (Å²) in [5.41, 5.74) is 0. The van der Waals surface area contributed by atoms with Crippen LogP contribution in [-0.2, 0) is 0 Å². The van der Waals surface area contributed by atoms with Gasteiger partial charge in [0.05, 0.1) is 0 Å². The van der Waals surface area contributed by atoms with Gasteiger partial charge in [-0.2, -0.15) is 82.3 Å². The molecule has 3 aliphatic heterocycles. The molecule has 0 aliphatic carbocycles. The minimum Gasteiger partial charge on any atom is -0.161 e. The first-order valence-corrected chi connectivity index (χ1v) is 19.5. The third-order valence-corrected chi connectivity index (χ3v) is 17.1. The smallest absolute Gasteiger partial charge is 0.0340 e. The molecular formula is C17H30S9. The second-order valence-corrected chi connectivity index (χ2v) is 17.9. The Bertz CT molecular complexity index is 354. The number of hydrogen-bond donors (Lipinski definition) is 0. The Kier molecular flexibility index (Phi) is 13.8. The molecule has 0 saturated carbocycles. The molecule has 152 valence electrons. The van der Waals surface area contributed by atoms with Crippen molar-refractivity contribution in [2.75, 3.05) is 69.0 Å². The van der Waals surface area contributed by atoms with Crippen LogP contribution in [0.2, 0.25) is 0 Å². The predicted molar refractivity (Wildman–Crippen MR) is 146 cm³/mol. The van der Waals surface area contributed by atoms with Crippen molar-refractivity contribution in [3.05, 3.63) is 0 Å². The fourth-order valence-electron chi connectivity index (χ4n) is 2.45.